The number of halogens is 1. The van der Waals surface area contributed by atoms with Gasteiger partial charge in [-0.1, -0.05) is 6.42 Å². The lowest BCUT2D eigenvalue weighted by molar-refractivity contribution is 0.173. The van der Waals surface area contributed by atoms with Crippen LogP contribution in [0.25, 0.3) is 0 Å². The van der Waals surface area contributed by atoms with Crippen LogP contribution in [0.15, 0.2) is 12.1 Å². The van der Waals surface area contributed by atoms with E-state index in [2.05, 4.69) is 5.32 Å². The van der Waals surface area contributed by atoms with E-state index in [0.717, 1.165) is 24.3 Å². The first-order valence-electron chi connectivity index (χ1n) is 6.57. The van der Waals surface area contributed by atoms with E-state index in [9.17, 15) is 4.39 Å². The number of piperidine rings is 1. The van der Waals surface area contributed by atoms with Crippen molar-refractivity contribution in [2.24, 2.45) is 0 Å². The number of ether oxygens (including phenoxy) is 2. The van der Waals surface area contributed by atoms with Gasteiger partial charge in [-0.3, -0.25) is 0 Å². The third-order valence-electron chi connectivity index (χ3n) is 3.64. The van der Waals surface area contributed by atoms with E-state index < -0.39 is 6.67 Å². The molecule has 2 heterocycles. The Morgan fingerprint density at radius 2 is 2.22 bits per heavy atom. The van der Waals surface area contributed by atoms with Gasteiger partial charge in [-0.15, -0.1) is 0 Å². The summed E-state index contributed by atoms with van der Waals surface area (Å²) in [6, 6.07) is 4.12. The second-order valence-electron chi connectivity index (χ2n) is 4.97. The molecule has 3 rings (SSSR count). The molecule has 0 bridgehead atoms. The SMILES string of the molecule is FCc1cc(CC2CCCCN2)c2c(c1)OCO2. The van der Waals surface area contributed by atoms with Gasteiger partial charge in [0.05, 0.1) is 0 Å². The van der Waals surface area contributed by atoms with Crippen LogP contribution >= 0.6 is 0 Å². The molecular formula is C14H18FNO2. The molecule has 0 radical (unpaired) electrons. The van der Waals surface area contributed by atoms with Crippen LogP contribution in [0.2, 0.25) is 0 Å². The quantitative estimate of drug-likeness (QED) is 0.895. The lowest BCUT2D eigenvalue weighted by Crippen LogP contribution is -2.35. The van der Waals surface area contributed by atoms with Crippen LogP contribution in [0.1, 0.15) is 30.4 Å². The van der Waals surface area contributed by atoms with Gasteiger partial charge in [-0.2, -0.15) is 0 Å². The Hall–Kier alpha value is -1.29. The Kier molecular flexibility index (Phi) is 3.37. The molecule has 3 nitrogen and oxygen atoms in total. The van der Waals surface area contributed by atoms with Crippen molar-refractivity contribution >= 4 is 0 Å². The first-order valence-corrected chi connectivity index (χ1v) is 6.57. The highest BCUT2D eigenvalue weighted by molar-refractivity contribution is 5.51. The predicted octanol–water partition coefficient (Wildman–Crippen LogP) is 2.57. The van der Waals surface area contributed by atoms with Crippen molar-refractivity contribution in [3.8, 4) is 11.5 Å². The summed E-state index contributed by atoms with van der Waals surface area (Å²) in [6.45, 7) is 0.866. The minimum atomic E-state index is -0.457. The van der Waals surface area contributed by atoms with E-state index >= 15 is 0 Å². The molecule has 0 amide bonds. The number of fused-ring (bicyclic) bond motifs is 1. The molecule has 1 aromatic rings. The second-order valence-corrected chi connectivity index (χ2v) is 4.97. The smallest absolute Gasteiger partial charge is 0.231 e. The van der Waals surface area contributed by atoms with Crippen LogP contribution in [-0.4, -0.2) is 19.4 Å². The van der Waals surface area contributed by atoms with Crippen molar-refractivity contribution in [3.05, 3.63) is 23.3 Å². The summed E-state index contributed by atoms with van der Waals surface area (Å²) in [5.74, 6) is 1.50. The van der Waals surface area contributed by atoms with Crippen LogP contribution in [0.4, 0.5) is 4.39 Å². The average molecular weight is 251 g/mol. The fourth-order valence-corrected chi connectivity index (χ4v) is 2.74. The molecule has 1 aromatic carbocycles. The molecule has 1 unspecified atom stereocenters. The predicted molar refractivity (Wildman–Crippen MR) is 66.7 cm³/mol. The Balaban J connectivity index is 1.83. The summed E-state index contributed by atoms with van der Waals surface area (Å²) < 4.78 is 23.7. The van der Waals surface area contributed by atoms with E-state index in [-0.39, 0.29) is 6.79 Å². The number of hydrogen-bond acceptors (Lipinski definition) is 3. The third kappa shape index (κ3) is 2.29. The second kappa shape index (κ2) is 5.14. The lowest BCUT2D eigenvalue weighted by atomic mass is 9.96. The highest BCUT2D eigenvalue weighted by atomic mass is 19.1. The van der Waals surface area contributed by atoms with Gasteiger partial charge in [-0.25, -0.2) is 4.39 Å². The van der Waals surface area contributed by atoms with Gasteiger partial charge in [0.1, 0.15) is 6.67 Å². The van der Waals surface area contributed by atoms with Gasteiger partial charge >= 0.3 is 0 Å². The Morgan fingerprint density at radius 1 is 1.28 bits per heavy atom. The summed E-state index contributed by atoms with van der Waals surface area (Å²) in [6.07, 6.45) is 4.58. The summed E-state index contributed by atoms with van der Waals surface area (Å²) >= 11 is 0. The normalized spacial score (nSPS) is 22.2. The molecule has 2 aliphatic heterocycles. The molecule has 1 atom stereocenters. The van der Waals surface area contributed by atoms with Gasteiger partial charge in [0.2, 0.25) is 6.79 Å². The molecular weight excluding hydrogens is 233 g/mol. The maximum Gasteiger partial charge on any atom is 0.231 e. The molecule has 4 heteroatoms. The number of rotatable bonds is 3. The highest BCUT2D eigenvalue weighted by Gasteiger charge is 2.22. The van der Waals surface area contributed by atoms with Gasteiger partial charge in [0.15, 0.2) is 11.5 Å². The van der Waals surface area contributed by atoms with Gasteiger partial charge in [-0.05, 0) is 43.5 Å². The molecule has 0 aliphatic carbocycles. The summed E-state index contributed by atoms with van der Waals surface area (Å²) in [4.78, 5) is 0. The van der Waals surface area contributed by atoms with Crippen LogP contribution < -0.4 is 14.8 Å². The van der Waals surface area contributed by atoms with Crippen molar-refractivity contribution in [2.45, 2.75) is 38.4 Å². The number of alkyl halides is 1. The van der Waals surface area contributed by atoms with Crippen LogP contribution in [-0.2, 0) is 13.1 Å². The molecule has 18 heavy (non-hydrogen) atoms. The zero-order chi connectivity index (χ0) is 12.4. The minimum Gasteiger partial charge on any atom is -0.454 e. The Labute approximate surface area is 106 Å². The average Bonchev–Trinajstić information content (AvgIpc) is 2.88. The maximum atomic E-state index is 12.8. The number of hydrogen-bond donors (Lipinski definition) is 1. The summed E-state index contributed by atoms with van der Waals surface area (Å²) in [7, 11) is 0. The first kappa shape index (κ1) is 11.8. The van der Waals surface area contributed by atoms with Gasteiger partial charge in [0.25, 0.3) is 0 Å². The minimum absolute atomic E-state index is 0.246. The number of nitrogens with one attached hydrogen (secondary N) is 1. The fraction of sp³-hybridized carbons (Fsp3) is 0.571. The monoisotopic (exact) mass is 251 g/mol. The third-order valence-corrected chi connectivity index (χ3v) is 3.64. The molecule has 2 aliphatic rings. The molecule has 1 fully saturated rings. The van der Waals surface area contributed by atoms with Gasteiger partial charge < -0.3 is 14.8 Å². The van der Waals surface area contributed by atoms with Crippen LogP contribution in [0.5, 0.6) is 11.5 Å². The highest BCUT2D eigenvalue weighted by Crippen LogP contribution is 2.38. The maximum absolute atomic E-state index is 12.8. The van der Waals surface area contributed by atoms with Gasteiger partial charge in [0, 0.05) is 11.6 Å². The van der Waals surface area contributed by atoms with Crippen molar-refractivity contribution < 1.29 is 13.9 Å². The molecule has 0 spiro atoms. The van der Waals surface area contributed by atoms with E-state index in [0.29, 0.717) is 17.4 Å². The first-order chi connectivity index (χ1) is 8.86. The van der Waals surface area contributed by atoms with E-state index in [1.54, 1.807) is 6.07 Å². The summed E-state index contributed by atoms with van der Waals surface area (Å²) in [5, 5.41) is 3.51. The Bertz CT molecular complexity index is 430. The molecule has 1 N–H and O–H groups in total. The topological polar surface area (TPSA) is 30.5 Å². The zero-order valence-corrected chi connectivity index (χ0v) is 10.4. The van der Waals surface area contributed by atoms with Crippen molar-refractivity contribution in [1.29, 1.82) is 0 Å². The van der Waals surface area contributed by atoms with E-state index in [1.165, 1.54) is 19.3 Å². The Morgan fingerprint density at radius 3 is 3.00 bits per heavy atom. The van der Waals surface area contributed by atoms with Crippen molar-refractivity contribution in [3.63, 3.8) is 0 Å². The largest absolute Gasteiger partial charge is 0.454 e. The van der Waals surface area contributed by atoms with Crippen molar-refractivity contribution in [1.82, 2.24) is 5.32 Å². The molecule has 1 saturated heterocycles. The standard InChI is InChI=1S/C14H18FNO2/c15-8-10-5-11(7-12-3-1-2-4-16-12)14-13(6-10)17-9-18-14/h5-6,12,16H,1-4,7-9H2. The van der Waals surface area contributed by atoms with E-state index in [1.807, 2.05) is 6.07 Å². The van der Waals surface area contributed by atoms with Crippen molar-refractivity contribution in [2.75, 3.05) is 13.3 Å². The lowest BCUT2D eigenvalue weighted by Gasteiger charge is -2.24. The number of benzene rings is 1. The summed E-state index contributed by atoms with van der Waals surface area (Å²) in [5.41, 5.74) is 1.74. The van der Waals surface area contributed by atoms with Crippen LogP contribution in [0.3, 0.4) is 0 Å². The molecule has 0 aromatic heterocycles. The molecule has 0 saturated carbocycles. The zero-order valence-electron chi connectivity index (χ0n) is 10.4. The van der Waals surface area contributed by atoms with E-state index in [4.69, 9.17) is 9.47 Å². The fourth-order valence-electron chi connectivity index (χ4n) is 2.74. The molecule has 98 valence electrons. The van der Waals surface area contributed by atoms with Crippen LogP contribution in [0, 0.1) is 0 Å².